The maximum absolute atomic E-state index is 9.79. The molecule has 0 radical (unpaired) electrons. The first kappa shape index (κ1) is 37.8. The van der Waals surface area contributed by atoms with Crippen LogP contribution in [0.15, 0.2) is 36.4 Å². The Bertz CT molecular complexity index is 940. The highest BCUT2D eigenvalue weighted by Crippen LogP contribution is 2.39. The second-order valence-corrected chi connectivity index (χ2v) is 13.4. The Kier molecular flexibility index (Phi) is 21.8. The van der Waals surface area contributed by atoms with Gasteiger partial charge >= 0.3 is 8.60 Å². The van der Waals surface area contributed by atoms with Gasteiger partial charge in [-0.1, -0.05) is 167 Å². The van der Waals surface area contributed by atoms with Crippen molar-refractivity contribution in [2.75, 3.05) is 0 Å². The highest BCUT2D eigenvalue weighted by Gasteiger charge is 2.18. The standard InChI is InChI=1S/C39H65O3P/c1-4-7-10-13-16-19-22-25-34-28-30-35(31-29-34)36-32-33-39(42-43(40)41)38(27-24-21-18-15-12-9-6-3)37(36)26-23-20-17-14-11-8-5-2/h28-33,40-41H,4-27H2,1-3H3. The maximum atomic E-state index is 9.79. The minimum absolute atomic E-state index is 0.666. The van der Waals surface area contributed by atoms with Gasteiger partial charge in [0.15, 0.2) is 0 Å². The fourth-order valence-electron chi connectivity index (χ4n) is 6.33. The molecule has 2 rings (SSSR count). The van der Waals surface area contributed by atoms with Crippen LogP contribution in [0.3, 0.4) is 0 Å². The molecule has 0 atom stereocenters. The normalized spacial score (nSPS) is 11.5. The summed E-state index contributed by atoms with van der Waals surface area (Å²) in [6, 6.07) is 13.4. The molecule has 0 fully saturated rings. The van der Waals surface area contributed by atoms with Crippen LogP contribution in [0.1, 0.15) is 172 Å². The molecule has 0 unspecified atom stereocenters. The highest BCUT2D eigenvalue weighted by molar-refractivity contribution is 7.39. The van der Waals surface area contributed by atoms with Crippen molar-refractivity contribution in [3.63, 3.8) is 0 Å². The Balaban J connectivity index is 2.16. The first-order chi connectivity index (χ1) is 21.1. The van der Waals surface area contributed by atoms with Crippen LogP contribution in [0.5, 0.6) is 5.75 Å². The van der Waals surface area contributed by atoms with E-state index in [1.165, 1.54) is 150 Å². The van der Waals surface area contributed by atoms with Crippen molar-refractivity contribution >= 4 is 8.60 Å². The zero-order valence-electron chi connectivity index (χ0n) is 28.2. The maximum Gasteiger partial charge on any atom is 0.391 e. The van der Waals surface area contributed by atoms with E-state index in [0.717, 1.165) is 32.1 Å². The van der Waals surface area contributed by atoms with E-state index in [9.17, 15) is 9.79 Å². The molecule has 3 nitrogen and oxygen atoms in total. The minimum Gasteiger partial charge on any atom is -0.427 e. The first-order valence-electron chi connectivity index (χ1n) is 18.2. The van der Waals surface area contributed by atoms with Crippen LogP contribution in [0.25, 0.3) is 11.1 Å². The number of unbranched alkanes of at least 4 members (excludes halogenated alkanes) is 18. The van der Waals surface area contributed by atoms with Gasteiger partial charge in [0.1, 0.15) is 5.75 Å². The largest absolute Gasteiger partial charge is 0.427 e. The monoisotopic (exact) mass is 612 g/mol. The molecule has 2 aromatic carbocycles. The fraction of sp³-hybridized carbons (Fsp3) is 0.692. The van der Waals surface area contributed by atoms with Crippen LogP contribution in [0.2, 0.25) is 0 Å². The molecular formula is C39H65O3P. The summed E-state index contributed by atoms with van der Waals surface area (Å²) >= 11 is 0. The van der Waals surface area contributed by atoms with E-state index < -0.39 is 8.60 Å². The van der Waals surface area contributed by atoms with Gasteiger partial charge < -0.3 is 14.3 Å². The summed E-state index contributed by atoms with van der Waals surface area (Å²) in [7, 11) is -2.44. The van der Waals surface area contributed by atoms with Crippen molar-refractivity contribution in [2.45, 2.75) is 175 Å². The van der Waals surface area contributed by atoms with Gasteiger partial charge in [-0.3, -0.25) is 0 Å². The average molecular weight is 613 g/mol. The van der Waals surface area contributed by atoms with Gasteiger partial charge in [-0.05, 0) is 72.4 Å². The van der Waals surface area contributed by atoms with E-state index >= 15 is 0 Å². The lowest BCUT2D eigenvalue weighted by molar-refractivity contribution is 0.373. The Hall–Kier alpha value is -1.41. The molecule has 0 aliphatic heterocycles. The van der Waals surface area contributed by atoms with Crippen LogP contribution in [-0.2, 0) is 19.3 Å². The van der Waals surface area contributed by atoms with E-state index in [0.29, 0.717) is 5.75 Å². The van der Waals surface area contributed by atoms with E-state index in [4.69, 9.17) is 4.52 Å². The van der Waals surface area contributed by atoms with Crippen molar-refractivity contribution in [1.29, 1.82) is 0 Å². The summed E-state index contributed by atoms with van der Waals surface area (Å²) in [6.45, 7) is 6.82. The minimum atomic E-state index is -2.44. The zero-order chi connectivity index (χ0) is 31.0. The van der Waals surface area contributed by atoms with Crippen molar-refractivity contribution in [2.24, 2.45) is 0 Å². The van der Waals surface area contributed by atoms with Gasteiger partial charge in [0, 0.05) is 0 Å². The summed E-state index contributed by atoms with van der Waals surface area (Å²) in [6.07, 6.45) is 30.4. The van der Waals surface area contributed by atoms with Gasteiger partial charge in [0.2, 0.25) is 0 Å². The Morgan fingerprint density at radius 1 is 0.465 bits per heavy atom. The average Bonchev–Trinajstić information content (AvgIpc) is 3.00. The number of hydrogen-bond donors (Lipinski definition) is 2. The molecule has 0 aromatic heterocycles. The Morgan fingerprint density at radius 3 is 1.35 bits per heavy atom. The van der Waals surface area contributed by atoms with Crippen LogP contribution < -0.4 is 4.52 Å². The van der Waals surface area contributed by atoms with E-state index in [-0.39, 0.29) is 0 Å². The van der Waals surface area contributed by atoms with Crippen molar-refractivity contribution < 1.29 is 14.3 Å². The third kappa shape index (κ3) is 16.5. The number of hydrogen-bond acceptors (Lipinski definition) is 3. The predicted molar refractivity (Wildman–Crippen MR) is 189 cm³/mol. The predicted octanol–water partition coefficient (Wildman–Crippen LogP) is 12.8. The van der Waals surface area contributed by atoms with Gasteiger partial charge in [0.05, 0.1) is 0 Å². The summed E-state index contributed by atoms with van der Waals surface area (Å²) in [5, 5.41) is 0. The van der Waals surface area contributed by atoms with Crippen molar-refractivity contribution in [1.82, 2.24) is 0 Å². The quantitative estimate of drug-likeness (QED) is 0.0779. The second-order valence-electron chi connectivity index (χ2n) is 12.7. The molecule has 43 heavy (non-hydrogen) atoms. The molecule has 0 aliphatic rings. The molecule has 2 aromatic rings. The Morgan fingerprint density at radius 2 is 0.884 bits per heavy atom. The summed E-state index contributed by atoms with van der Waals surface area (Å²) in [4.78, 5) is 19.6. The summed E-state index contributed by atoms with van der Waals surface area (Å²) < 4.78 is 5.64. The molecule has 0 bridgehead atoms. The van der Waals surface area contributed by atoms with Crippen molar-refractivity contribution in [3.8, 4) is 16.9 Å². The number of rotatable bonds is 27. The molecule has 2 N–H and O–H groups in total. The first-order valence-corrected chi connectivity index (χ1v) is 19.4. The molecule has 4 heteroatoms. The number of aryl methyl sites for hydroxylation is 1. The van der Waals surface area contributed by atoms with Crippen LogP contribution in [0.4, 0.5) is 0 Å². The lowest BCUT2D eigenvalue weighted by Crippen LogP contribution is -2.03. The molecule has 0 amide bonds. The lowest BCUT2D eigenvalue weighted by atomic mass is 9.88. The topological polar surface area (TPSA) is 49.7 Å². The molecule has 0 heterocycles. The van der Waals surface area contributed by atoms with E-state index in [1.54, 1.807) is 0 Å². The van der Waals surface area contributed by atoms with Gasteiger partial charge in [0.25, 0.3) is 0 Å². The van der Waals surface area contributed by atoms with E-state index in [2.05, 4.69) is 51.1 Å². The zero-order valence-corrected chi connectivity index (χ0v) is 29.1. The van der Waals surface area contributed by atoms with Crippen LogP contribution in [-0.4, -0.2) is 9.79 Å². The summed E-state index contributed by atoms with van der Waals surface area (Å²) in [5.74, 6) is 0.666. The second kappa shape index (κ2) is 24.9. The van der Waals surface area contributed by atoms with Gasteiger partial charge in [-0.25, -0.2) is 0 Å². The molecule has 0 spiro atoms. The fourth-order valence-corrected chi connectivity index (χ4v) is 6.68. The molecule has 0 saturated carbocycles. The molecule has 244 valence electrons. The van der Waals surface area contributed by atoms with Crippen LogP contribution >= 0.6 is 8.60 Å². The third-order valence-corrected chi connectivity index (χ3v) is 9.32. The lowest BCUT2D eigenvalue weighted by Gasteiger charge is -2.20. The summed E-state index contributed by atoms with van der Waals surface area (Å²) in [5.41, 5.74) is 6.54. The third-order valence-electron chi connectivity index (χ3n) is 8.96. The molecular weight excluding hydrogens is 547 g/mol. The number of benzene rings is 2. The van der Waals surface area contributed by atoms with E-state index in [1.807, 2.05) is 6.07 Å². The molecule has 0 saturated heterocycles. The van der Waals surface area contributed by atoms with Crippen molar-refractivity contribution in [3.05, 3.63) is 53.1 Å². The van der Waals surface area contributed by atoms with Gasteiger partial charge in [-0.15, -0.1) is 0 Å². The molecule has 0 aliphatic carbocycles. The Labute approximate surface area is 267 Å². The van der Waals surface area contributed by atoms with Gasteiger partial charge in [-0.2, -0.15) is 0 Å². The smallest absolute Gasteiger partial charge is 0.391 e. The highest BCUT2D eigenvalue weighted by atomic mass is 31.2. The SMILES string of the molecule is CCCCCCCCCc1ccc(-c2ccc(OP(O)O)c(CCCCCCCCC)c2CCCCCCCCC)cc1. The van der Waals surface area contributed by atoms with Crippen LogP contribution in [0, 0.1) is 0 Å².